The summed E-state index contributed by atoms with van der Waals surface area (Å²) in [4.78, 5) is 0. The Kier molecular flexibility index (Phi) is 3.61. The average Bonchev–Trinajstić information content (AvgIpc) is 2.10. The van der Waals surface area contributed by atoms with Gasteiger partial charge in [0.2, 0.25) is 0 Å². The molecule has 1 aromatic carbocycles. The summed E-state index contributed by atoms with van der Waals surface area (Å²) < 4.78 is 0. The van der Waals surface area contributed by atoms with Crippen molar-refractivity contribution in [3.63, 3.8) is 0 Å². The molecule has 1 heteroatoms. The van der Waals surface area contributed by atoms with Crippen LogP contribution in [0.5, 0.6) is 0 Å². The smallest absolute Gasteiger partial charge is 0.0443 e. The second-order valence-electron chi connectivity index (χ2n) is 2.79. The van der Waals surface area contributed by atoms with Crippen molar-refractivity contribution in [1.82, 2.24) is 0 Å². The minimum absolute atomic E-state index is 0.871. The summed E-state index contributed by atoms with van der Waals surface area (Å²) in [5.41, 5.74) is 1.21. The van der Waals surface area contributed by atoms with Gasteiger partial charge in [0, 0.05) is 10.9 Å². The summed E-state index contributed by atoms with van der Waals surface area (Å²) in [5, 5.41) is 0.871. The molecule has 0 aliphatic rings. The number of hydrogen-bond acceptors (Lipinski definition) is 0. The quantitative estimate of drug-likeness (QED) is 0.659. The van der Waals surface area contributed by atoms with Gasteiger partial charge in [-0.05, 0) is 24.5 Å². The van der Waals surface area contributed by atoms with E-state index in [-0.39, 0.29) is 0 Å². The molecule has 0 unspecified atom stereocenters. The van der Waals surface area contributed by atoms with Crippen molar-refractivity contribution in [1.29, 1.82) is 0 Å². The summed E-state index contributed by atoms with van der Waals surface area (Å²) in [6.45, 7) is 4.34. The Balaban J connectivity index is 2.92. The van der Waals surface area contributed by atoms with E-state index >= 15 is 0 Å². The highest BCUT2D eigenvalue weighted by Gasteiger charge is 2.09. The molecule has 0 aromatic heterocycles. The van der Waals surface area contributed by atoms with Crippen molar-refractivity contribution in [3.8, 4) is 0 Å². The van der Waals surface area contributed by atoms with Gasteiger partial charge in [-0.1, -0.05) is 43.6 Å². The summed E-state index contributed by atoms with van der Waals surface area (Å²) in [5.74, 6) is 1.43. The molecule has 1 aromatic rings. The van der Waals surface area contributed by atoms with E-state index in [1.165, 1.54) is 11.5 Å². The lowest BCUT2D eigenvalue weighted by Crippen LogP contribution is -1.96. The van der Waals surface area contributed by atoms with Crippen molar-refractivity contribution in [2.75, 3.05) is 0 Å². The molecule has 1 rings (SSSR count). The Morgan fingerprint density at radius 2 is 1.75 bits per heavy atom. The van der Waals surface area contributed by atoms with Gasteiger partial charge in [-0.15, -0.1) is 0 Å². The van der Waals surface area contributed by atoms with E-state index in [0.29, 0.717) is 0 Å². The first kappa shape index (κ1) is 9.60. The first-order chi connectivity index (χ1) is 5.79. The van der Waals surface area contributed by atoms with Crippen LogP contribution < -0.4 is 0 Å². The molecule has 1 radical (unpaired) electrons. The van der Waals surface area contributed by atoms with Crippen LogP contribution in [0.4, 0.5) is 0 Å². The Hall–Kier alpha value is -0.490. The molecule has 0 amide bonds. The molecule has 0 atom stereocenters. The fraction of sp³-hybridized carbons (Fsp3) is 0.364. The van der Waals surface area contributed by atoms with Gasteiger partial charge in [-0.3, -0.25) is 0 Å². The maximum atomic E-state index is 6.06. The standard InChI is InChI=1S/C11H14Cl/c1-3-9(4-2)10-7-5-6-8-11(10)12/h5-8H,3-4H2,1-2H3. The molecule has 0 bridgehead atoms. The van der Waals surface area contributed by atoms with E-state index in [2.05, 4.69) is 19.9 Å². The Bertz CT molecular complexity index is 239. The van der Waals surface area contributed by atoms with Gasteiger partial charge in [0.15, 0.2) is 0 Å². The van der Waals surface area contributed by atoms with Crippen LogP contribution in [0.2, 0.25) is 5.02 Å². The van der Waals surface area contributed by atoms with Gasteiger partial charge >= 0.3 is 0 Å². The number of rotatable bonds is 3. The van der Waals surface area contributed by atoms with Gasteiger partial charge in [0.25, 0.3) is 0 Å². The SMILES string of the molecule is CC[C](CC)c1ccccc1Cl. The molecular formula is C11H14Cl. The zero-order chi connectivity index (χ0) is 8.97. The number of benzene rings is 1. The van der Waals surface area contributed by atoms with Crippen molar-refractivity contribution in [2.24, 2.45) is 0 Å². The van der Waals surface area contributed by atoms with E-state index in [9.17, 15) is 0 Å². The number of halogens is 1. The van der Waals surface area contributed by atoms with Crippen LogP contribution in [0.15, 0.2) is 24.3 Å². The minimum Gasteiger partial charge on any atom is -0.0840 e. The predicted molar refractivity (Wildman–Crippen MR) is 54.4 cm³/mol. The molecule has 0 aliphatic heterocycles. The first-order valence-corrected chi connectivity index (χ1v) is 4.77. The highest BCUT2D eigenvalue weighted by Crippen LogP contribution is 2.27. The highest BCUT2D eigenvalue weighted by atomic mass is 35.5. The third kappa shape index (κ3) is 2.01. The largest absolute Gasteiger partial charge is 0.0840 e. The van der Waals surface area contributed by atoms with Gasteiger partial charge in [0.1, 0.15) is 0 Å². The van der Waals surface area contributed by atoms with Crippen molar-refractivity contribution in [3.05, 3.63) is 40.8 Å². The molecule has 0 nitrogen and oxygen atoms in total. The summed E-state index contributed by atoms with van der Waals surface area (Å²) >= 11 is 6.06. The van der Waals surface area contributed by atoms with Crippen LogP contribution in [-0.4, -0.2) is 0 Å². The van der Waals surface area contributed by atoms with Crippen molar-refractivity contribution in [2.45, 2.75) is 26.7 Å². The average molecular weight is 182 g/mol. The third-order valence-electron chi connectivity index (χ3n) is 2.11. The molecule has 0 spiro atoms. The van der Waals surface area contributed by atoms with Crippen LogP contribution in [0.3, 0.4) is 0 Å². The predicted octanol–water partition coefficient (Wildman–Crippen LogP) is 4.08. The van der Waals surface area contributed by atoms with E-state index < -0.39 is 0 Å². The maximum absolute atomic E-state index is 6.06. The van der Waals surface area contributed by atoms with Crippen molar-refractivity contribution < 1.29 is 0 Å². The van der Waals surface area contributed by atoms with E-state index in [4.69, 9.17) is 11.6 Å². The fourth-order valence-electron chi connectivity index (χ4n) is 1.38. The fourth-order valence-corrected chi connectivity index (χ4v) is 1.65. The summed E-state index contributed by atoms with van der Waals surface area (Å²) in [6.07, 6.45) is 2.17. The van der Waals surface area contributed by atoms with Gasteiger partial charge < -0.3 is 0 Å². The lowest BCUT2D eigenvalue weighted by Gasteiger charge is -2.12. The Morgan fingerprint density at radius 1 is 1.17 bits per heavy atom. The molecule has 0 aliphatic carbocycles. The zero-order valence-electron chi connectivity index (χ0n) is 7.60. The highest BCUT2D eigenvalue weighted by molar-refractivity contribution is 6.31. The Labute approximate surface area is 79.6 Å². The maximum Gasteiger partial charge on any atom is 0.0443 e. The van der Waals surface area contributed by atoms with E-state index in [1.54, 1.807) is 0 Å². The second-order valence-corrected chi connectivity index (χ2v) is 3.20. The van der Waals surface area contributed by atoms with Crippen LogP contribution in [0.1, 0.15) is 32.3 Å². The molecule has 0 fully saturated rings. The molecule has 0 saturated carbocycles. The van der Waals surface area contributed by atoms with E-state index in [0.717, 1.165) is 17.9 Å². The Morgan fingerprint density at radius 3 is 2.25 bits per heavy atom. The lowest BCUT2D eigenvalue weighted by atomic mass is 9.94. The van der Waals surface area contributed by atoms with Crippen LogP contribution >= 0.6 is 11.6 Å². The molecule has 12 heavy (non-hydrogen) atoms. The van der Waals surface area contributed by atoms with Crippen LogP contribution in [0.25, 0.3) is 0 Å². The molecule has 65 valence electrons. The van der Waals surface area contributed by atoms with Gasteiger partial charge in [0.05, 0.1) is 0 Å². The normalized spacial score (nSPS) is 10.7. The third-order valence-corrected chi connectivity index (χ3v) is 2.44. The second kappa shape index (κ2) is 4.51. The molecule has 0 heterocycles. The molecule has 0 N–H and O–H groups in total. The topological polar surface area (TPSA) is 0 Å². The summed E-state index contributed by atoms with van der Waals surface area (Å²) in [7, 11) is 0. The molecule has 0 saturated heterocycles. The van der Waals surface area contributed by atoms with E-state index in [1.807, 2.05) is 18.2 Å². The lowest BCUT2D eigenvalue weighted by molar-refractivity contribution is 0.850. The zero-order valence-corrected chi connectivity index (χ0v) is 8.36. The van der Waals surface area contributed by atoms with Crippen molar-refractivity contribution >= 4 is 11.6 Å². The van der Waals surface area contributed by atoms with Crippen LogP contribution in [-0.2, 0) is 0 Å². The van der Waals surface area contributed by atoms with Crippen LogP contribution in [0, 0.1) is 5.92 Å². The first-order valence-electron chi connectivity index (χ1n) is 4.39. The van der Waals surface area contributed by atoms with Gasteiger partial charge in [-0.25, -0.2) is 0 Å². The summed E-state index contributed by atoms with van der Waals surface area (Å²) in [6, 6.07) is 8.04. The van der Waals surface area contributed by atoms with Gasteiger partial charge in [-0.2, -0.15) is 0 Å². The molecular weight excluding hydrogens is 168 g/mol. The minimum atomic E-state index is 0.871. The monoisotopic (exact) mass is 181 g/mol. The number of hydrogen-bond donors (Lipinski definition) is 0.